The fourth-order valence-electron chi connectivity index (χ4n) is 1.30. The Morgan fingerprint density at radius 2 is 1.24 bits per heavy atom. The van der Waals surface area contributed by atoms with Crippen molar-refractivity contribution in [3.8, 4) is 0 Å². The molecule has 0 unspecified atom stereocenters. The van der Waals surface area contributed by atoms with Gasteiger partial charge in [-0.15, -0.1) is 0 Å². The summed E-state index contributed by atoms with van der Waals surface area (Å²) in [6, 6.07) is 8.76. The van der Waals surface area contributed by atoms with E-state index in [1.165, 1.54) is 11.1 Å². The summed E-state index contributed by atoms with van der Waals surface area (Å²) in [4.78, 5) is 0. The predicted molar refractivity (Wildman–Crippen MR) is 79.5 cm³/mol. The van der Waals surface area contributed by atoms with Crippen molar-refractivity contribution in [2.24, 2.45) is 0 Å². The lowest BCUT2D eigenvalue weighted by atomic mass is 10.1. The molecule has 2 heteroatoms. The Labute approximate surface area is 108 Å². The summed E-state index contributed by atoms with van der Waals surface area (Å²) in [6.45, 7) is 10.00. The highest BCUT2D eigenvalue weighted by molar-refractivity contribution is 5.22. The molecule has 0 aromatic heterocycles. The minimum atomic E-state index is 0.951. The average Bonchev–Trinajstić information content (AvgIpc) is 2.43. The summed E-state index contributed by atoms with van der Waals surface area (Å²) in [5.41, 5.74) is 2.74. The molecule has 0 aliphatic heterocycles. The van der Waals surface area contributed by atoms with Crippen LogP contribution in [0.5, 0.6) is 0 Å². The number of benzene rings is 1. The summed E-state index contributed by atoms with van der Waals surface area (Å²) < 4.78 is 0. The van der Waals surface area contributed by atoms with Gasteiger partial charge in [-0.25, -0.2) is 0 Å². The highest BCUT2D eigenvalue weighted by Gasteiger charge is 1.92. The van der Waals surface area contributed by atoms with Gasteiger partial charge >= 0.3 is 0 Å². The van der Waals surface area contributed by atoms with Crippen LogP contribution in [0.15, 0.2) is 24.3 Å². The van der Waals surface area contributed by atoms with Gasteiger partial charge in [0.1, 0.15) is 0 Å². The first-order valence-corrected chi connectivity index (χ1v) is 6.74. The molecule has 0 aliphatic rings. The monoisotopic (exact) mass is 238 g/mol. The largest absolute Gasteiger partial charge is 0.319 e. The van der Waals surface area contributed by atoms with Crippen LogP contribution in [0.25, 0.3) is 0 Å². The van der Waals surface area contributed by atoms with E-state index in [9.17, 15) is 0 Å². The molecule has 0 heterocycles. The summed E-state index contributed by atoms with van der Waals surface area (Å²) in [7, 11) is 3.95. The zero-order chi connectivity index (χ0) is 13.5. The standard InChI is InChI=1S/C11H18N2.2C2H6/c1-12-8-7-10-3-5-11(6-4-10)9-13-2;2*1-2/h3-6,12-13H,7-9H2,1-2H3;2*1-2H3. The Balaban J connectivity index is 0. The lowest BCUT2D eigenvalue weighted by molar-refractivity contribution is 0.788. The van der Waals surface area contributed by atoms with Gasteiger partial charge in [-0.2, -0.15) is 0 Å². The third kappa shape index (κ3) is 10.0. The van der Waals surface area contributed by atoms with Gasteiger partial charge in [-0.3, -0.25) is 0 Å². The molecule has 0 bridgehead atoms. The maximum atomic E-state index is 3.14. The second-order valence-corrected chi connectivity index (χ2v) is 3.20. The van der Waals surface area contributed by atoms with Crippen LogP contribution < -0.4 is 10.6 Å². The molecule has 1 aromatic carbocycles. The molecular weight excluding hydrogens is 208 g/mol. The Hall–Kier alpha value is -0.860. The van der Waals surface area contributed by atoms with Crippen LogP contribution in [0.1, 0.15) is 38.8 Å². The van der Waals surface area contributed by atoms with Crippen molar-refractivity contribution in [3.05, 3.63) is 35.4 Å². The fraction of sp³-hybridized carbons (Fsp3) is 0.600. The molecule has 0 saturated heterocycles. The first-order valence-electron chi connectivity index (χ1n) is 6.74. The van der Waals surface area contributed by atoms with Gasteiger partial charge in [-0.05, 0) is 38.2 Å². The van der Waals surface area contributed by atoms with Crippen LogP contribution in [-0.4, -0.2) is 20.6 Å². The second-order valence-electron chi connectivity index (χ2n) is 3.20. The number of hydrogen-bond acceptors (Lipinski definition) is 2. The Morgan fingerprint density at radius 1 is 0.765 bits per heavy atom. The highest BCUT2D eigenvalue weighted by Crippen LogP contribution is 2.04. The quantitative estimate of drug-likeness (QED) is 0.823. The van der Waals surface area contributed by atoms with Gasteiger partial charge in [0.2, 0.25) is 0 Å². The summed E-state index contributed by atoms with van der Waals surface area (Å²) in [6.07, 6.45) is 1.11. The first kappa shape index (κ1) is 18.5. The lowest BCUT2D eigenvalue weighted by Gasteiger charge is -2.03. The van der Waals surface area contributed by atoms with E-state index in [2.05, 4.69) is 34.9 Å². The molecule has 1 rings (SSSR count). The first-order chi connectivity index (χ1) is 8.36. The van der Waals surface area contributed by atoms with Gasteiger partial charge < -0.3 is 10.6 Å². The fourth-order valence-corrected chi connectivity index (χ4v) is 1.30. The molecule has 17 heavy (non-hydrogen) atoms. The molecule has 0 radical (unpaired) electrons. The minimum absolute atomic E-state index is 0.951. The molecule has 0 spiro atoms. The van der Waals surface area contributed by atoms with Crippen LogP contribution in [-0.2, 0) is 13.0 Å². The number of nitrogens with one attached hydrogen (secondary N) is 2. The molecule has 0 amide bonds. The average molecular weight is 238 g/mol. The van der Waals surface area contributed by atoms with E-state index in [4.69, 9.17) is 0 Å². The van der Waals surface area contributed by atoms with E-state index in [-0.39, 0.29) is 0 Å². The molecule has 1 aromatic rings. The van der Waals surface area contributed by atoms with Crippen LogP contribution in [0.3, 0.4) is 0 Å². The van der Waals surface area contributed by atoms with Crippen LogP contribution >= 0.6 is 0 Å². The molecule has 100 valence electrons. The normalized spacial score (nSPS) is 8.59. The maximum absolute atomic E-state index is 3.14. The molecule has 0 fully saturated rings. The lowest BCUT2D eigenvalue weighted by Crippen LogP contribution is -2.10. The smallest absolute Gasteiger partial charge is 0.0202 e. The van der Waals surface area contributed by atoms with Crippen LogP contribution in [0.4, 0.5) is 0 Å². The number of hydrogen-bond donors (Lipinski definition) is 2. The van der Waals surface area contributed by atoms with E-state index in [1.54, 1.807) is 0 Å². The van der Waals surface area contributed by atoms with Gasteiger partial charge in [0.15, 0.2) is 0 Å². The summed E-state index contributed by atoms with van der Waals surface area (Å²) in [5, 5.41) is 6.28. The molecular formula is C15H30N2. The van der Waals surface area contributed by atoms with Crippen molar-refractivity contribution in [3.63, 3.8) is 0 Å². The molecule has 0 saturated carbocycles. The summed E-state index contributed by atoms with van der Waals surface area (Å²) in [5.74, 6) is 0. The van der Waals surface area contributed by atoms with E-state index in [0.717, 1.165) is 19.5 Å². The predicted octanol–water partition coefficient (Wildman–Crippen LogP) is 3.22. The van der Waals surface area contributed by atoms with Crippen molar-refractivity contribution in [2.45, 2.75) is 40.7 Å². The Morgan fingerprint density at radius 3 is 1.65 bits per heavy atom. The van der Waals surface area contributed by atoms with Crippen molar-refractivity contribution in [1.29, 1.82) is 0 Å². The van der Waals surface area contributed by atoms with Crippen molar-refractivity contribution in [2.75, 3.05) is 20.6 Å². The van der Waals surface area contributed by atoms with Crippen LogP contribution in [0, 0.1) is 0 Å². The van der Waals surface area contributed by atoms with Gasteiger partial charge in [-0.1, -0.05) is 52.0 Å². The molecule has 2 N–H and O–H groups in total. The van der Waals surface area contributed by atoms with Crippen LogP contribution in [0.2, 0.25) is 0 Å². The van der Waals surface area contributed by atoms with Gasteiger partial charge in [0.05, 0.1) is 0 Å². The zero-order valence-corrected chi connectivity index (χ0v) is 12.4. The van der Waals surface area contributed by atoms with Crippen molar-refractivity contribution < 1.29 is 0 Å². The van der Waals surface area contributed by atoms with Gasteiger partial charge in [0.25, 0.3) is 0 Å². The number of likely N-dealkylation sites (N-methyl/N-ethyl adjacent to an activating group) is 1. The highest BCUT2D eigenvalue weighted by atomic mass is 14.8. The van der Waals surface area contributed by atoms with Crippen molar-refractivity contribution >= 4 is 0 Å². The van der Waals surface area contributed by atoms with E-state index < -0.39 is 0 Å². The van der Waals surface area contributed by atoms with E-state index in [1.807, 2.05) is 41.8 Å². The van der Waals surface area contributed by atoms with E-state index >= 15 is 0 Å². The maximum Gasteiger partial charge on any atom is 0.0202 e. The van der Waals surface area contributed by atoms with Gasteiger partial charge in [0, 0.05) is 6.54 Å². The van der Waals surface area contributed by atoms with E-state index in [0.29, 0.717) is 0 Å². The topological polar surface area (TPSA) is 24.1 Å². The molecule has 0 aliphatic carbocycles. The second kappa shape index (κ2) is 15.1. The molecule has 2 nitrogen and oxygen atoms in total. The molecule has 0 atom stereocenters. The Kier molecular flexibility index (Phi) is 16.5. The third-order valence-electron chi connectivity index (χ3n) is 2.07. The third-order valence-corrected chi connectivity index (χ3v) is 2.07. The number of rotatable bonds is 5. The minimum Gasteiger partial charge on any atom is -0.319 e. The zero-order valence-electron chi connectivity index (χ0n) is 12.4. The Bertz CT molecular complexity index is 229. The summed E-state index contributed by atoms with van der Waals surface area (Å²) >= 11 is 0. The van der Waals surface area contributed by atoms with Crippen molar-refractivity contribution in [1.82, 2.24) is 10.6 Å². The SMILES string of the molecule is CC.CC.CNCCc1ccc(CNC)cc1.